The first-order valence-corrected chi connectivity index (χ1v) is 10.8. The average molecular weight is 420 g/mol. The minimum absolute atomic E-state index is 0.407. The van der Waals surface area contributed by atoms with E-state index in [0.717, 1.165) is 42.5 Å². The molecule has 0 unspecified atom stereocenters. The Morgan fingerprint density at radius 2 is 1.74 bits per heavy atom. The summed E-state index contributed by atoms with van der Waals surface area (Å²) in [4.78, 5) is 14.9. The van der Waals surface area contributed by atoms with Gasteiger partial charge >= 0.3 is 6.09 Å². The van der Waals surface area contributed by atoms with E-state index in [1.807, 2.05) is 18.2 Å². The van der Waals surface area contributed by atoms with E-state index < -0.39 is 11.6 Å². The summed E-state index contributed by atoms with van der Waals surface area (Å²) in [6, 6.07) is 15.4. The van der Waals surface area contributed by atoms with Crippen molar-refractivity contribution in [2.45, 2.75) is 52.0 Å². The Morgan fingerprint density at radius 3 is 2.39 bits per heavy atom. The van der Waals surface area contributed by atoms with Gasteiger partial charge in [-0.05, 0) is 91.3 Å². The third kappa shape index (κ3) is 4.17. The predicted octanol–water partition coefficient (Wildman–Crippen LogP) is 4.82. The zero-order valence-electron chi connectivity index (χ0n) is 18.6. The van der Waals surface area contributed by atoms with E-state index in [1.165, 1.54) is 0 Å². The summed E-state index contributed by atoms with van der Waals surface area (Å²) in [6.07, 6.45) is 3.13. The normalized spacial score (nSPS) is 21.0. The molecule has 0 atom stereocenters. The Bertz CT molecular complexity index is 1030. The maximum Gasteiger partial charge on any atom is 0.415 e. The molecule has 7 heteroatoms. The molecular formula is C24H29N5O2. The fraction of sp³-hybridized carbons (Fsp3) is 0.417. The van der Waals surface area contributed by atoms with E-state index in [1.54, 1.807) is 28.8 Å². The monoisotopic (exact) mass is 419 g/mol. The first-order valence-electron chi connectivity index (χ1n) is 10.8. The fourth-order valence-electron chi connectivity index (χ4n) is 4.51. The summed E-state index contributed by atoms with van der Waals surface area (Å²) in [7, 11) is 1.79. The predicted molar refractivity (Wildman–Crippen MR) is 118 cm³/mol. The minimum Gasteiger partial charge on any atom is -0.410 e. The van der Waals surface area contributed by atoms with Crippen molar-refractivity contribution >= 4 is 6.09 Å². The number of ether oxygens (including phenoxy) is 1. The second-order valence-corrected chi connectivity index (χ2v) is 8.71. The van der Waals surface area contributed by atoms with Crippen LogP contribution in [0.15, 0.2) is 48.5 Å². The third-order valence-corrected chi connectivity index (χ3v) is 6.30. The van der Waals surface area contributed by atoms with Crippen LogP contribution < -0.4 is 4.74 Å². The van der Waals surface area contributed by atoms with E-state index in [-0.39, 0.29) is 0 Å². The lowest BCUT2D eigenvalue weighted by Gasteiger charge is -2.44. The number of carbonyl (C=O) groups is 1. The molecule has 1 aliphatic rings. The van der Waals surface area contributed by atoms with Gasteiger partial charge in [0.15, 0.2) is 5.82 Å². The van der Waals surface area contributed by atoms with Crippen LogP contribution in [0, 0.1) is 19.8 Å². The summed E-state index contributed by atoms with van der Waals surface area (Å²) in [5, 5.41) is 12.8. The quantitative estimate of drug-likeness (QED) is 0.606. The van der Waals surface area contributed by atoms with Gasteiger partial charge < -0.3 is 4.74 Å². The highest BCUT2D eigenvalue weighted by atomic mass is 16.6. The van der Waals surface area contributed by atoms with Crippen LogP contribution in [0.1, 0.15) is 49.6 Å². The topological polar surface area (TPSA) is 73.1 Å². The molecule has 1 amide bonds. The molecule has 7 nitrogen and oxygen atoms in total. The number of para-hydroxylation sites is 1. The number of aromatic nitrogens is 4. The smallest absolute Gasteiger partial charge is 0.410 e. The van der Waals surface area contributed by atoms with Crippen LogP contribution >= 0.6 is 0 Å². The molecule has 0 spiro atoms. The third-order valence-electron chi connectivity index (χ3n) is 6.30. The number of hydrogen-bond donors (Lipinski definition) is 0. The average Bonchev–Trinajstić information content (AvgIpc) is 3.25. The maximum atomic E-state index is 13.2. The molecule has 162 valence electrons. The molecule has 1 saturated carbocycles. The van der Waals surface area contributed by atoms with Crippen LogP contribution in [-0.2, 0) is 5.54 Å². The molecule has 0 bridgehead atoms. The number of nitrogens with zero attached hydrogens (tertiary/aromatic N) is 5. The van der Waals surface area contributed by atoms with Crippen LogP contribution in [0.5, 0.6) is 5.75 Å². The van der Waals surface area contributed by atoms with E-state index in [9.17, 15) is 4.79 Å². The summed E-state index contributed by atoms with van der Waals surface area (Å²) in [6.45, 7) is 6.36. The van der Waals surface area contributed by atoms with Crippen molar-refractivity contribution in [3.8, 4) is 11.4 Å². The van der Waals surface area contributed by atoms with Gasteiger partial charge in [0.25, 0.3) is 0 Å². The molecule has 2 aromatic carbocycles. The van der Waals surface area contributed by atoms with Gasteiger partial charge in [0.1, 0.15) is 11.3 Å². The fourth-order valence-corrected chi connectivity index (χ4v) is 4.51. The molecule has 0 radical (unpaired) electrons. The number of aryl methyl sites for hydroxylation is 2. The van der Waals surface area contributed by atoms with Gasteiger partial charge in [0, 0.05) is 7.05 Å². The Balaban J connectivity index is 1.74. The van der Waals surface area contributed by atoms with E-state index in [0.29, 0.717) is 17.5 Å². The standard InChI is InChI=1S/C24H29N5O2/c1-17-10-12-24(13-11-17,28(4)23(30)31-21-8-6-5-7-9-21)22-25-26-27-29(22)20-15-18(2)14-19(3)16-20/h5-9,14-17H,10-13H2,1-4H3. The second kappa shape index (κ2) is 8.49. The van der Waals surface area contributed by atoms with Gasteiger partial charge in [0.05, 0.1) is 5.69 Å². The molecule has 0 N–H and O–H groups in total. The van der Waals surface area contributed by atoms with Crippen LogP contribution in [-0.4, -0.2) is 38.2 Å². The Labute approximate surface area is 183 Å². The zero-order valence-corrected chi connectivity index (χ0v) is 18.6. The summed E-state index contributed by atoms with van der Waals surface area (Å²) >= 11 is 0. The molecule has 1 fully saturated rings. The zero-order chi connectivity index (χ0) is 22.0. The number of rotatable bonds is 4. The number of amides is 1. The Morgan fingerprint density at radius 1 is 1.10 bits per heavy atom. The lowest BCUT2D eigenvalue weighted by atomic mass is 9.75. The van der Waals surface area contributed by atoms with E-state index in [4.69, 9.17) is 4.74 Å². The second-order valence-electron chi connectivity index (χ2n) is 8.71. The summed E-state index contributed by atoms with van der Waals surface area (Å²) in [5.74, 6) is 1.79. The van der Waals surface area contributed by atoms with Crippen molar-refractivity contribution < 1.29 is 9.53 Å². The van der Waals surface area contributed by atoms with Crippen molar-refractivity contribution in [2.75, 3.05) is 7.05 Å². The molecular weight excluding hydrogens is 390 g/mol. The van der Waals surface area contributed by atoms with Crippen molar-refractivity contribution in [1.29, 1.82) is 0 Å². The highest BCUT2D eigenvalue weighted by Crippen LogP contribution is 2.43. The van der Waals surface area contributed by atoms with E-state index >= 15 is 0 Å². The number of hydrogen-bond acceptors (Lipinski definition) is 5. The highest BCUT2D eigenvalue weighted by molar-refractivity contribution is 5.71. The van der Waals surface area contributed by atoms with Crippen molar-refractivity contribution in [1.82, 2.24) is 25.1 Å². The molecule has 1 heterocycles. The molecule has 31 heavy (non-hydrogen) atoms. The largest absolute Gasteiger partial charge is 0.415 e. The lowest BCUT2D eigenvalue weighted by Crippen LogP contribution is -2.51. The molecule has 4 rings (SSSR count). The van der Waals surface area contributed by atoms with Crippen molar-refractivity contribution in [3.05, 3.63) is 65.5 Å². The van der Waals surface area contributed by atoms with Crippen LogP contribution in [0.2, 0.25) is 0 Å². The van der Waals surface area contributed by atoms with Gasteiger partial charge in [-0.3, -0.25) is 4.90 Å². The number of benzene rings is 2. The SMILES string of the molecule is Cc1cc(C)cc(-n2nnnc2C2(N(C)C(=O)Oc3ccccc3)CCC(C)CC2)c1. The Hall–Kier alpha value is -3.22. The van der Waals surface area contributed by atoms with Crippen LogP contribution in [0.3, 0.4) is 0 Å². The van der Waals surface area contributed by atoms with Gasteiger partial charge in [0.2, 0.25) is 0 Å². The summed E-state index contributed by atoms with van der Waals surface area (Å²) in [5.41, 5.74) is 2.54. The molecule has 1 aliphatic carbocycles. The first-order chi connectivity index (χ1) is 14.9. The van der Waals surface area contributed by atoms with Gasteiger partial charge in [-0.2, -0.15) is 4.68 Å². The van der Waals surface area contributed by atoms with Gasteiger partial charge in [-0.25, -0.2) is 4.79 Å². The number of carbonyl (C=O) groups excluding carboxylic acids is 1. The number of tetrazole rings is 1. The Kier molecular flexibility index (Phi) is 5.76. The van der Waals surface area contributed by atoms with Crippen LogP contribution in [0.4, 0.5) is 4.79 Å². The maximum absolute atomic E-state index is 13.2. The van der Waals surface area contributed by atoms with E-state index in [2.05, 4.69) is 54.5 Å². The van der Waals surface area contributed by atoms with Gasteiger partial charge in [-0.1, -0.05) is 31.2 Å². The van der Waals surface area contributed by atoms with Crippen molar-refractivity contribution in [3.63, 3.8) is 0 Å². The highest BCUT2D eigenvalue weighted by Gasteiger charge is 2.46. The first kappa shape index (κ1) is 21.0. The van der Waals surface area contributed by atoms with Crippen molar-refractivity contribution in [2.24, 2.45) is 5.92 Å². The summed E-state index contributed by atoms with van der Waals surface area (Å²) < 4.78 is 7.45. The lowest BCUT2D eigenvalue weighted by molar-refractivity contribution is 0.0514. The van der Waals surface area contributed by atoms with Gasteiger partial charge in [-0.15, -0.1) is 5.10 Å². The van der Waals surface area contributed by atoms with Crippen LogP contribution in [0.25, 0.3) is 5.69 Å². The molecule has 0 aliphatic heterocycles. The minimum atomic E-state index is -0.639. The molecule has 3 aromatic rings. The molecule has 0 saturated heterocycles. The molecule has 1 aromatic heterocycles.